The summed E-state index contributed by atoms with van der Waals surface area (Å²) in [5.74, 6) is -0.0752. The van der Waals surface area contributed by atoms with E-state index in [9.17, 15) is 4.79 Å². The van der Waals surface area contributed by atoms with Crippen molar-refractivity contribution in [1.82, 2.24) is 9.88 Å². The number of rotatable bonds is 4. The zero-order chi connectivity index (χ0) is 14.4. The molecular formula is C16H15ClN2O. The van der Waals surface area contributed by atoms with Crippen LogP contribution in [0.2, 0.25) is 5.02 Å². The Labute approximate surface area is 123 Å². The molecule has 0 atom stereocenters. The smallest absolute Gasteiger partial charge is 0.246 e. The van der Waals surface area contributed by atoms with Crippen LogP contribution in [0, 0.1) is 0 Å². The highest BCUT2D eigenvalue weighted by Crippen LogP contribution is 2.16. The van der Waals surface area contributed by atoms with Crippen molar-refractivity contribution in [3.63, 3.8) is 0 Å². The molecule has 0 saturated carbocycles. The highest BCUT2D eigenvalue weighted by atomic mass is 35.5. The number of hydrogen-bond acceptors (Lipinski definition) is 2. The molecule has 0 unspecified atom stereocenters. The number of benzene rings is 1. The molecule has 0 N–H and O–H groups in total. The molecule has 1 aromatic carbocycles. The van der Waals surface area contributed by atoms with Gasteiger partial charge in [0.1, 0.15) is 0 Å². The van der Waals surface area contributed by atoms with E-state index < -0.39 is 0 Å². The monoisotopic (exact) mass is 286 g/mol. The van der Waals surface area contributed by atoms with Crippen molar-refractivity contribution in [1.29, 1.82) is 0 Å². The normalized spacial score (nSPS) is 10.7. The molecule has 4 heteroatoms. The van der Waals surface area contributed by atoms with Crippen molar-refractivity contribution in [2.45, 2.75) is 6.54 Å². The van der Waals surface area contributed by atoms with Crippen LogP contribution in [0.15, 0.2) is 54.9 Å². The third-order valence-electron chi connectivity index (χ3n) is 2.84. The Balaban J connectivity index is 1.99. The number of pyridine rings is 1. The molecule has 2 aromatic rings. The van der Waals surface area contributed by atoms with E-state index in [1.807, 2.05) is 36.4 Å². The Morgan fingerprint density at radius 2 is 2.10 bits per heavy atom. The molecule has 0 fully saturated rings. The highest BCUT2D eigenvalue weighted by Gasteiger charge is 2.07. The average Bonchev–Trinajstić information content (AvgIpc) is 2.48. The largest absolute Gasteiger partial charge is 0.338 e. The summed E-state index contributed by atoms with van der Waals surface area (Å²) in [4.78, 5) is 17.6. The van der Waals surface area contributed by atoms with Gasteiger partial charge in [-0.3, -0.25) is 9.78 Å². The third-order valence-corrected chi connectivity index (χ3v) is 3.21. The number of likely N-dealkylation sites (N-methyl/N-ethyl adjacent to an activating group) is 1. The van der Waals surface area contributed by atoms with Crippen LogP contribution in [0.1, 0.15) is 11.1 Å². The Morgan fingerprint density at radius 3 is 2.80 bits per heavy atom. The van der Waals surface area contributed by atoms with Gasteiger partial charge in [-0.25, -0.2) is 0 Å². The minimum Gasteiger partial charge on any atom is -0.338 e. The van der Waals surface area contributed by atoms with E-state index in [4.69, 9.17) is 11.6 Å². The highest BCUT2D eigenvalue weighted by molar-refractivity contribution is 6.31. The zero-order valence-electron chi connectivity index (χ0n) is 11.2. The van der Waals surface area contributed by atoms with Crippen molar-refractivity contribution in [3.8, 4) is 0 Å². The molecule has 0 bridgehead atoms. The molecule has 1 heterocycles. The number of carbonyl (C=O) groups is 1. The fourth-order valence-electron chi connectivity index (χ4n) is 1.73. The van der Waals surface area contributed by atoms with Crippen LogP contribution in [0.5, 0.6) is 0 Å². The third kappa shape index (κ3) is 3.93. The molecule has 0 aliphatic heterocycles. The van der Waals surface area contributed by atoms with Crippen molar-refractivity contribution < 1.29 is 4.79 Å². The molecule has 1 aromatic heterocycles. The number of carbonyl (C=O) groups excluding carboxylic acids is 1. The van der Waals surface area contributed by atoms with Gasteiger partial charge in [0.15, 0.2) is 0 Å². The van der Waals surface area contributed by atoms with Gasteiger partial charge >= 0.3 is 0 Å². The fraction of sp³-hybridized carbons (Fsp3) is 0.125. The predicted molar refractivity (Wildman–Crippen MR) is 81.2 cm³/mol. The summed E-state index contributed by atoms with van der Waals surface area (Å²) >= 11 is 6.08. The maximum atomic E-state index is 12.0. The van der Waals surface area contributed by atoms with Crippen LogP contribution in [0.25, 0.3) is 6.08 Å². The first kappa shape index (κ1) is 14.3. The van der Waals surface area contributed by atoms with Crippen LogP contribution in [0.4, 0.5) is 0 Å². The van der Waals surface area contributed by atoms with E-state index in [0.29, 0.717) is 11.6 Å². The molecule has 102 valence electrons. The maximum Gasteiger partial charge on any atom is 0.246 e. The number of aromatic nitrogens is 1. The quantitative estimate of drug-likeness (QED) is 0.807. The molecule has 0 aliphatic rings. The van der Waals surface area contributed by atoms with E-state index in [1.165, 1.54) is 6.08 Å². The van der Waals surface area contributed by atoms with Crippen LogP contribution in [-0.2, 0) is 11.3 Å². The average molecular weight is 287 g/mol. The van der Waals surface area contributed by atoms with E-state index in [2.05, 4.69) is 4.98 Å². The Kier molecular flexibility index (Phi) is 4.91. The van der Waals surface area contributed by atoms with Crippen molar-refractivity contribution >= 4 is 23.6 Å². The topological polar surface area (TPSA) is 33.2 Å². The molecule has 0 radical (unpaired) electrons. The zero-order valence-corrected chi connectivity index (χ0v) is 11.9. The summed E-state index contributed by atoms with van der Waals surface area (Å²) in [5, 5.41) is 0.670. The van der Waals surface area contributed by atoms with E-state index in [-0.39, 0.29) is 5.91 Å². The molecule has 2 rings (SSSR count). The second-order valence-electron chi connectivity index (χ2n) is 4.41. The van der Waals surface area contributed by atoms with Gasteiger partial charge in [-0.15, -0.1) is 0 Å². The molecule has 0 aliphatic carbocycles. The van der Waals surface area contributed by atoms with E-state index >= 15 is 0 Å². The lowest BCUT2D eigenvalue weighted by Crippen LogP contribution is -2.24. The molecule has 0 spiro atoms. The van der Waals surface area contributed by atoms with Gasteiger partial charge in [0.25, 0.3) is 0 Å². The first-order valence-corrected chi connectivity index (χ1v) is 6.61. The lowest BCUT2D eigenvalue weighted by atomic mass is 10.2. The predicted octanol–water partition coefficient (Wildman–Crippen LogP) is 3.41. The Bertz CT molecular complexity index is 611. The summed E-state index contributed by atoms with van der Waals surface area (Å²) in [5.41, 5.74) is 1.83. The summed E-state index contributed by atoms with van der Waals surface area (Å²) in [6.07, 6.45) is 6.69. The summed E-state index contributed by atoms with van der Waals surface area (Å²) in [6, 6.07) is 11.2. The van der Waals surface area contributed by atoms with Gasteiger partial charge < -0.3 is 4.90 Å². The minimum atomic E-state index is -0.0752. The summed E-state index contributed by atoms with van der Waals surface area (Å²) < 4.78 is 0. The first-order chi connectivity index (χ1) is 9.66. The van der Waals surface area contributed by atoms with E-state index in [0.717, 1.165) is 11.1 Å². The second kappa shape index (κ2) is 6.87. The number of halogens is 1. The Hall–Kier alpha value is -2.13. The standard InChI is InChI=1S/C16H15ClN2O/c1-19(12-14-6-2-3-7-15(14)17)16(20)9-8-13-5-4-10-18-11-13/h2-11H,12H2,1H3/b9-8+. The minimum absolute atomic E-state index is 0.0752. The SMILES string of the molecule is CN(Cc1ccccc1Cl)C(=O)/C=C/c1cccnc1. The van der Waals surface area contributed by atoms with Crippen molar-refractivity contribution in [3.05, 3.63) is 71.0 Å². The second-order valence-corrected chi connectivity index (χ2v) is 4.81. The van der Waals surface area contributed by atoms with Gasteiger partial charge in [0, 0.05) is 37.1 Å². The maximum absolute atomic E-state index is 12.0. The first-order valence-electron chi connectivity index (χ1n) is 6.23. The number of hydrogen-bond donors (Lipinski definition) is 0. The summed E-state index contributed by atoms with van der Waals surface area (Å²) in [7, 11) is 1.75. The van der Waals surface area contributed by atoms with Crippen LogP contribution in [-0.4, -0.2) is 22.8 Å². The number of amides is 1. The number of nitrogens with zero attached hydrogens (tertiary/aromatic N) is 2. The van der Waals surface area contributed by atoms with Crippen LogP contribution < -0.4 is 0 Å². The molecule has 3 nitrogen and oxygen atoms in total. The molecule has 0 saturated heterocycles. The molecular weight excluding hydrogens is 272 g/mol. The van der Waals surface area contributed by atoms with Crippen molar-refractivity contribution in [2.24, 2.45) is 0 Å². The van der Waals surface area contributed by atoms with Crippen molar-refractivity contribution in [2.75, 3.05) is 7.05 Å². The van der Waals surface area contributed by atoms with Gasteiger partial charge in [0.2, 0.25) is 5.91 Å². The van der Waals surface area contributed by atoms with Gasteiger partial charge in [-0.05, 0) is 29.3 Å². The van der Waals surface area contributed by atoms with Crippen LogP contribution >= 0.6 is 11.6 Å². The van der Waals surface area contributed by atoms with Crippen LogP contribution in [0.3, 0.4) is 0 Å². The van der Waals surface area contributed by atoms with E-state index in [1.54, 1.807) is 30.4 Å². The Morgan fingerprint density at radius 1 is 1.30 bits per heavy atom. The van der Waals surface area contributed by atoms with Gasteiger partial charge in [0.05, 0.1) is 0 Å². The van der Waals surface area contributed by atoms with Gasteiger partial charge in [-0.2, -0.15) is 0 Å². The lowest BCUT2D eigenvalue weighted by molar-refractivity contribution is -0.125. The lowest BCUT2D eigenvalue weighted by Gasteiger charge is -2.16. The molecule has 20 heavy (non-hydrogen) atoms. The fourth-order valence-corrected chi connectivity index (χ4v) is 1.92. The molecule has 1 amide bonds. The summed E-state index contributed by atoms with van der Waals surface area (Å²) in [6.45, 7) is 0.482. The van der Waals surface area contributed by atoms with Gasteiger partial charge in [-0.1, -0.05) is 35.9 Å².